The molecule has 3 nitrogen and oxygen atoms in total. The van der Waals surface area contributed by atoms with Crippen molar-refractivity contribution < 1.29 is 4.79 Å². The van der Waals surface area contributed by atoms with E-state index in [9.17, 15) is 4.79 Å². The molecular formula is C19H25ClN2OS. The molecular weight excluding hydrogens is 340 g/mol. The van der Waals surface area contributed by atoms with Gasteiger partial charge in [-0.15, -0.1) is 24.2 Å². The van der Waals surface area contributed by atoms with Crippen LogP contribution in [0.3, 0.4) is 0 Å². The zero-order valence-electron chi connectivity index (χ0n) is 14.4. The molecule has 0 fully saturated rings. The molecule has 1 heterocycles. The minimum atomic E-state index is -0.000583. The third-order valence-corrected chi connectivity index (χ3v) is 4.64. The van der Waals surface area contributed by atoms with Crippen LogP contribution in [0.15, 0.2) is 53.7 Å². The maximum absolute atomic E-state index is 12.1. The van der Waals surface area contributed by atoms with Gasteiger partial charge >= 0.3 is 0 Å². The molecule has 0 atom stereocenters. The Morgan fingerprint density at radius 3 is 2.29 bits per heavy atom. The van der Waals surface area contributed by atoms with Crippen molar-refractivity contribution in [3.8, 4) is 0 Å². The van der Waals surface area contributed by atoms with Crippen molar-refractivity contribution in [3.63, 3.8) is 0 Å². The summed E-state index contributed by atoms with van der Waals surface area (Å²) in [6, 6.07) is 11.9. The molecule has 0 unspecified atom stereocenters. The molecule has 5 heteroatoms. The van der Waals surface area contributed by atoms with Crippen LogP contribution in [-0.2, 0) is 5.41 Å². The summed E-state index contributed by atoms with van der Waals surface area (Å²) in [5, 5.41) is 2.98. The lowest BCUT2D eigenvalue weighted by Gasteiger charge is -2.19. The summed E-state index contributed by atoms with van der Waals surface area (Å²) in [4.78, 5) is 17.3. The highest BCUT2D eigenvalue weighted by atomic mass is 35.5. The Morgan fingerprint density at radius 1 is 1.08 bits per heavy atom. The van der Waals surface area contributed by atoms with Gasteiger partial charge in [0, 0.05) is 29.4 Å². The molecule has 0 spiro atoms. The standard InChI is InChI=1S/C19H24N2OS.ClH/c1-19(2,3)16-7-5-15(6-8-16)18(22)21-11-4-14-23-17-9-12-20-13-10-17;/h5-10,12-13H,4,11,14H2,1-3H3,(H,21,22);1H. The van der Waals surface area contributed by atoms with Crippen molar-refractivity contribution in [1.82, 2.24) is 10.3 Å². The molecule has 0 aliphatic heterocycles. The van der Waals surface area contributed by atoms with Crippen LogP contribution in [0.1, 0.15) is 43.1 Å². The number of pyridine rings is 1. The quantitative estimate of drug-likeness (QED) is 0.596. The van der Waals surface area contributed by atoms with Gasteiger partial charge in [-0.3, -0.25) is 9.78 Å². The Kier molecular flexibility index (Phi) is 8.29. The zero-order valence-corrected chi connectivity index (χ0v) is 16.0. The maximum Gasteiger partial charge on any atom is 0.251 e. The van der Waals surface area contributed by atoms with Gasteiger partial charge in [-0.05, 0) is 47.4 Å². The first-order valence-corrected chi connectivity index (χ1v) is 8.87. The van der Waals surface area contributed by atoms with Crippen molar-refractivity contribution in [1.29, 1.82) is 0 Å². The zero-order chi connectivity index (χ0) is 16.7. The third-order valence-electron chi connectivity index (χ3n) is 3.54. The van der Waals surface area contributed by atoms with E-state index in [1.165, 1.54) is 10.5 Å². The monoisotopic (exact) mass is 364 g/mol. The molecule has 0 saturated carbocycles. The second kappa shape index (κ2) is 9.70. The predicted molar refractivity (Wildman–Crippen MR) is 104 cm³/mol. The number of rotatable bonds is 6. The molecule has 0 aliphatic carbocycles. The van der Waals surface area contributed by atoms with Crippen LogP contribution in [0.2, 0.25) is 0 Å². The molecule has 1 amide bonds. The summed E-state index contributed by atoms with van der Waals surface area (Å²) in [7, 11) is 0. The van der Waals surface area contributed by atoms with Gasteiger partial charge in [0.25, 0.3) is 5.91 Å². The number of halogens is 1. The summed E-state index contributed by atoms with van der Waals surface area (Å²) >= 11 is 1.78. The van der Waals surface area contributed by atoms with Gasteiger partial charge < -0.3 is 5.32 Å². The molecule has 1 aromatic carbocycles. The van der Waals surface area contributed by atoms with Gasteiger partial charge in [-0.25, -0.2) is 0 Å². The van der Waals surface area contributed by atoms with E-state index in [2.05, 4.69) is 31.1 Å². The van der Waals surface area contributed by atoms with Gasteiger partial charge in [-0.2, -0.15) is 0 Å². The molecule has 0 bridgehead atoms. The lowest BCUT2D eigenvalue weighted by atomic mass is 9.87. The SMILES string of the molecule is CC(C)(C)c1ccc(C(=O)NCCCSc2ccncc2)cc1.Cl. The number of benzene rings is 1. The molecule has 0 radical (unpaired) electrons. The van der Waals surface area contributed by atoms with Crippen LogP contribution in [0.4, 0.5) is 0 Å². The number of thioether (sulfide) groups is 1. The number of hydrogen-bond acceptors (Lipinski definition) is 3. The van der Waals surface area contributed by atoms with Crippen LogP contribution < -0.4 is 5.32 Å². The summed E-state index contributed by atoms with van der Waals surface area (Å²) in [5.74, 6) is 0.979. The molecule has 0 saturated heterocycles. The third kappa shape index (κ3) is 6.54. The number of nitrogens with zero attached hydrogens (tertiary/aromatic N) is 1. The summed E-state index contributed by atoms with van der Waals surface area (Å²) in [6.45, 7) is 7.20. The fourth-order valence-electron chi connectivity index (χ4n) is 2.12. The van der Waals surface area contributed by atoms with Crippen LogP contribution in [0.25, 0.3) is 0 Å². The van der Waals surface area contributed by atoms with Gasteiger partial charge in [0.15, 0.2) is 0 Å². The van der Waals surface area contributed by atoms with E-state index in [-0.39, 0.29) is 23.7 Å². The first-order valence-electron chi connectivity index (χ1n) is 7.88. The Hall–Kier alpha value is -1.52. The van der Waals surface area contributed by atoms with E-state index >= 15 is 0 Å². The Bertz CT molecular complexity index is 624. The second-order valence-electron chi connectivity index (χ2n) is 6.47. The van der Waals surface area contributed by atoms with Gasteiger partial charge in [0.05, 0.1) is 0 Å². The lowest BCUT2D eigenvalue weighted by Crippen LogP contribution is -2.25. The molecule has 0 aliphatic rings. The van der Waals surface area contributed by atoms with E-state index in [4.69, 9.17) is 0 Å². The van der Waals surface area contributed by atoms with Crippen molar-refractivity contribution in [2.75, 3.05) is 12.3 Å². The minimum absolute atomic E-state index is 0. The number of carbonyl (C=O) groups excluding carboxylic acids is 1. The molecule has 1 N–H and O–H groups in total. The van der Waals surface area contributed by atoms with Crippen molar-refractivity contribution in [2.24, 2.45) is 0 Å². The van der Waals surface area contributed by atoms with E-state index in [1.807, 2.05) is 36.4 Å². The topological polar surface area (TPSA) is 42.0 Å². The second-order valence-corrected chi connectivity index (χ2v) is 7.64. The highest BCUT2D eigenvalue weighted by Gasteiger charge is 2.14. The first-order chi connectivity index (χ1) is 11.0. The van der Waals surface area contributed by atoms with Crippen LogP contribution in [0, 0.1) is 0 Å². The summed E-state index contributed by atoms with van der Waals surface area (Å²) in [6.07, 6.45) is 4.54. The van der Waals surface area contributed by atoms with E-state index < -0.39 is 0 Å². The Morgan fingerprint density at radius 2 is 1.71 bits per heavy atom. The van der Waals surface area contributed by atoms with Crippen LogP contribution >= 0.6 is 24.2 Å². The predicted octanol–water partition coefficient (Wildman–Crippen LogP) is 4.71. The van der Waals surface area contributed by atoms with Crippen molar-refractivity contribution in [3.05, 3.63) is 59.9 Å². The fraction of sp³-hybridized carbons (Fsp3) is 0.368. The van der Waals surface area contributed by atoms with Gasteiger partial charge in [0.2, 0.25) is 0 Å². The number of nitrogens with one attached hydrogen (secondary N) is 1. The maximum atomic E-state index is 12.1. The number of aromatic nitrogens is 1. The van der Waals surface area contributed by atoms with Gasteiger partial charge in [-0.1, -0.05) is 32.9 Å². The van der Waals surface area contributed by atoms with Crippen LogP contribution in [0.5, 0.6) is 0 Å². The summed E-state index contributed by atoms with van der Waals surface area (Å²) < 4.78 is 0. The van der Waals surface area contributed by atoms with E-state index in [0.717, 1.165) is 17.7 Å². The smallest absolute Gasteiger partial charge is 0.251 e. The molecule has 2 aromatic rings. The fourth-order valence-corrected chi connectivity index (χ4v) is 2.96. The summed E-state index contributed by atoms with van der Waals surface area (Å²) in [5.41, 5.74) is 2.07. The molecule has 2 rings (SSSR count). The Labute approximate surface area is 155 Å². The molecule has 1 aromatic heterocycles. The largest absolute Gasteiger partial charge is 0.352 e. The van der Waals surface area contributed by atoms with E-state index in [0.29, 0.717) is 6.54 Å². The minimum Gasteiger partial charge on any atom is -0.352 e. The van der Waals surface area contributed by atoms with Crippen LogP contribution in [-0.4, -0.2) is 23.2 Å². The van der Waals surface area contributed by atoms with Gasteiger partial charge in [0.1, 0.15) is 0 Å². The number of hydrogen-bond donors (Lipinski definition) is 1. The molecule has 24 heavy (non-hydrogen) atoms. The highest BCUT2D eigenvalue weighted by Crippen LogP contribution is 2.22. The average molecular weight is 365 g/mol. The first kappa shape index (κ1) is 20.5. The number of amides is 1. The van der Waals surface area contributed by atoms with Crippen molar-refractivity contribution in [2.45, 2.75) is 37.5 Å². The average Bonchev–Trinajstić information content (AvgIpc) is 2.54. The Balaban J connectivity index is 0.00000288. The van der Waals surface area contributed by atoms with E-state index in [1.54, 1.807) is 24.2 Å². The number of carbonyl (C=O) groups is 1. The normalized spacial score (nSPS) is 10.8. The lowest BCUT2D eigenvalue weighted by molar-refractivity contribution is 0.0953. The highest BCUT2D eigenvalue weighted by molar-refractivity contribution is 7.99. The van der Waals surface area contributed by atoms with Crippen molar-refractivity contribution >= 4 is 30.1 Å². The molecule has 130 valence electrons.